The Morgan fingerprint density at radius 1 is 1.28 bits per heavy atom. The van der Waals surface area contributed by atoms with E-state index in [2.05, 4.69) is 13.8 Å². The van der Waals surface area contributed by atoms with E-state index in [1.54, 1.807) is 0 Å². The Balaban J connectivity index is 2.69. The van der Waals surface area contributed by atoms with E-state index < -0.39 is 0 Å². The minimum atomic E-state index is 0.438. The van der Waals surface area contributed by atoms with E-state index in [9.17, 15) is 0 Å². The Morgan fingerprint density at radius 2 is 1.83 bits per heavy atom. The molecular weight excluding hydrogens is 242 g/mol. The summed E-state index contributed by atoms with van der Waals surface area (Å²) in [4.78, 5) is 0.438. The van der Waals surface area contributed by atoms with Crippen LogP contribution in [0.4, 0.5) is 0 Å². The van der Waals surface area contributed by atoms with Crippen molar-refractivity contribution in [2.45, 2.75) is 40.5 Å². The second-order valence-corrected chi connectivity index (χ2v) is 5.63. The van der Waals surface area contributed by atoms with Gasteiger partial charge >= 0.3 is 0 Å². The molecule has 0 amide bonds. The first-order chi connectivity index (χ1) is 8.41. The fourth-order valence-corrected chi connectivity index (χ4v) is 2.10. The number of hydrogen-bond donors (Lipinski definition) is 1. The van der Waals surface area contributed by atoms with Gasteiger partial charge in [-0.3, -0.25) is 0 Å². The van der Waals surface area contributed by atoms with Crippen LogP contribution in [0.2, 0.25) is 0 Å². The molecule has 1 aromatic carbocycles. The van der Waals surface area contributed by atoms with Crippen LogP contribution in [0.3, 0.4) is 0 Å². The molecule has 3 heteroatoms. The number of hydrogen-bond acceptors (Lipinski definition) is 2. The summed E-state index contributed by atoms with van der Waals surface area (Å²) in [6, 6.07) is 3.99. The van der Waals surface area contributed by atoms with Crippen molar-refractivity contribution < 1.29 is 4.74 Å². The fourth-order valence-electron chi connectivity index (χ4n) is 1.99. The van der Waals surface area contributed by atoms with Crippen LogP contribution in [0, 0.1) is 19.8 Å². The van der Waals surface area contributed by atoms with E-state index in [0.717, 1.165) is 41.4 Å². The number of thiocarbonyl (C=S) groups is 1. The van der Waals surface area contributed by atoms with Crippen LogP contribution in [-0.2, 0) is 0 Å². The normalized spacial score (nSPS) is 10.7. The first-order valence-corrected chi connectivity index (χ1v) is 6.86. The third-order valence-corrected chi connectivity index (χ3v) is 3.15. The van der Waals surface area contributed by atoms with E-state index in [0.29, 0.717) is 4.99 Å². The maximum absolute atomic E-state index is 5.87. The molecule has 0 aliphatic rings. The van der Waals surface area contributed by atoms with Gasteiger partial charge in [0.1, 0.15) is 10.7 Å². The van der Waals surface area contributed by atoms with E-state index in [4.69, 9.17) is 22.7 Å². The van der Waals surface area contributed by atoms with Crippen molar-refractivity contribution in [3.8, 4) is 5.75 Å². The minimum Gasteiger partial charge on any atom is -0.493 e. The molecule has 0 aliphatic heterocycles. The van der Waals surface area contributed by atoms with Gasteiger partial charge in [0, 0.05) is 5.56 Å². The smallest absolute Gasteiger partial charge is 0.125 e. The third-order valence-electron chi connectivity index (χ3n) is 2.92. The summed E-state index contributed by atoms with van der Waals surface area (Å²) >= 11 is 5.00. The van der Waals surface area contributed by atoms with E-state index in [1.807, 2.05) is 26.0 Å². The molecule has 0 unspecified atom stereocenters. The summed E-state index contributed by atoms with van der Waals surface area (Å²) in [6.07, 6.45) is 2.29. The maximum Gasteiger partial charge on any atom is 0.125 e. The van der Waals surface area contributed by atoms with Crippen molar-refractivity contribution in [2.24, 2.45) is 11.7 Å². The predicted octanol–water partition coefficient (Wildman–Crippen LogP) is 3.75. The SMILES string of the molecule is Cc1cc(C(N)=S)cc(C)c1OCCCC(C)C. The summed E-state index contributed by atoms with van der Waals surface area (Å²) < 4.78 is 5.87. The molecule has 0 bridgehead atoms. The van der Waals surface area contributed by atoms with Crippen molar-refractivity contribution in [1.82, 2.24) is 0 Å². The zero-order valence-electron chi connectivity index (χ0n) is 11.7. The first kappa shape index (κ1) is 15.0. The average Bonchev–Trinajstić information content (AvgIpc) is 2.26. The molecule has 100 valence electrons. The predicted molar refractivity (Wildman–Crippen MR) is 81.4 cm³/mol. The molecular formula is C15H23NOS. The second kappa shape index (κ2) is 6.74. The molecule has 2 nitrogen and oxygen atoms in total. The molecule has 0 atom stereocenters. The zero-order chi connectivity index (χ0) is 13.7. The van der Waals surface area contributed by atoms with Crippen molar-refractivity contribution in [1.29, 1.82) is 0 Å². The standard InChI is InChI=1S/C15H23NOS/c1-10(2)6-5-7-17-14-11(3)8-13(15(16)18)9-12(14)4/h8-10H,5-7H2,1-4H3,(H2,16,18). The lowest BCUT2D eigenvalue weighted by Gasteiger charge is -2.14. The van der Waals surface area contributed by atoms with Gasteiger partial charge in [-0.1, -0.05) is 26.1 Å². The second-order valence-electron chi connectivity index (χ2n) is 5.19. The van der Waals surface area contributed by atoms with Crippen molar-refractivity contribution >= 4 is 17.2 Å². The summed E-state index contributed by atoms with van der Waals surface area (Å²) in [5.74, 6) is 1.70. The van der Waals surface area contributed by atoms with Crippen molar-refractivity contribution in [3.05, 3.63) is 28.8 Å². The molecule has 0 heterocycles. The van der Waals surface area contributed by atoms with Crippen LogP contribution in [0.25, 0.3) is 0 Å². The Morgan fingerprint density at radius 3 is 2.28 bits per heavy atom. The molecule has 0 aromatic heterocycles. The largest absolute Gasteiger partial charge is 0.493 e. The molecule has 0 spiro atoms. The number of rotatable bonds is 6. The van der Waals surface area contributed by atoms with Gasteiger partial charge in [-0.25, -0.2) is 0 Å². The van der Waals surface area contributed by atoms with E-state index >= 15 is 0 Å². The molecule has 0 radical (unpaired) electrons. The van der Waals surface area contributed by atoms with Gasteiger partial charge < -0.3 is 10.5 Å². The minimum absolute atomic E-state index is 0.438. The highest BCUT2D eigenvalue weighted by molar-refractivity contribution is 7.80. The van der Waals surface area contributed by atoms with Gasteiger partial charge in [0.25, 0.3) is 0 Å². The monoisotopic (exact) mass is 265 g/mol. The third kappa shape index (κ3) is 4.30. The van der Waals surface area contributed by atoms with Crippen LogP contribution < -0.4 is 10.5 Å². The van der Waals surface area contributed by atoms with Gasteiger partial charge in [0.05, 0.1) is 6.61 Å². The van der Waals surface area contributed by atoms with Gasteiger partial charge in [-0.15, -0.1) is 0 Å². The lowest BCUT2D eigenvalue weighted by Crippen LogP contribution is -2.11. The van der Waals surface area contributed by atoms with Crippen LogP contribution in [0.15, 0.2) is 12.1 Å². The lowest BCUT2D eigenvalue weighted by atomic mass is 10.1. The summed E-state index contributed by atoms with van der Waals surface area (Å²) in [7, 11) is 0. The highest BCUT2D eigenvalue weighted by atomic mass is 32.1. The van der Waals surface area contributed by atoms with Crippen LogP contribution >= 0.6 is 12.2 Å². The summed E-state index contributed by atoms with van der Waals surface area (Å²) in [5, 5.41) is 0. The molecule has 18 heavy (non-hydrogen) atoms. The van der Waals surface area contributed by atoms with Gasteiger partial charge in [0.2, 0.25) is 0 Å². The van der Waals surface area contributed by atoms with Crippen molar-refractivity contribution in [3.63, 3.8) is 0 Å². The molecule has 0 aliphatic carbocycles. The molecule has 0 fully saturated rings. The zero-order valence-corrected chi connectivity index (χ0v) is 12.6. The fraction of sp³-hybridized carbons (Fsp3) is 0.533. The van der Waals surface area contributed by atoms with Crippen LogP contribution in [0.5, 0.6) is 5.75 Å². The highest BCUT2D eigenvalue weighted by Gasteiger charge is 2.08. The molecule has 0 saturated heterocycles. The molecule has 0 saturated carbocycles. The Bertz CT molecular complexity index is 403. The number of nitrogens with two attached hydrogens (primary N) is 1. The maximum atomic E-state index is 5.87. The number of ether oxygens (including phenoxy) is 1. The van der Waals surface area contributed by atoms with Gasteiger partial charge in [-0.05, 0) is 55.9 Å². The number of aryl methyl sites for hydroxylation is 2. The topological polar surface area (TPSA) is 35.2 Å². The Hall–Kier alpha value is -1.09. The van der Waals surface area contributed by atoms with Crippen molar-refractivity contribution in [2.75, 3.05) is 6.61 Å². The quantitative estimate of drug-likeness (QED) is 0.628. The Kier molecular flexibility index (Phi) is 5.60. The van der Waals surface area contributed by atoms with E-state index in [1.165, 1.54) is 6.42 Å². The molecule has 2 N–H and O–H groups in total. The Labute approximate surface area is 116 Å². The number of benzene rings is 1. The lowest BCUT2D eigenvalue weighted by molar-refractivity contribution is 0.294. The highest BCUT2D eigenvalue weighted by Crippen LogP contribution is 2.25. The van der Waals surface area contributed by atoms with Crippen LogP contribution in [0.1, 0.15) is 43.4 Å². The first-order valence-electron chi connectivity index (χ1n) is 6.45. The summed E-state index contributed by atoms with van der Waals surface area (Å²) in [5.41, 5.74) is 8.76. The summed E-state index contributed by atoms with van der Waals surface area (Å²) in [6.45, 7) is 9.30. The van der Waals surface area contributed by atoms with E-state index in [-0.39, 0.29) is 0 Å². The van der Waals surface area contributed by atoms with Gasteiger partial charge in [-0.2, -0.15) is 0 Å². The molecule has 1 aromatic rings. The van der Waals surface area contributed by atoms with Gasteiger partial charge in [0.15, 0.2) is 0 Å². The average molecular weight is 265 g/mol. The van der Waals surface area contributed by atoms with Crippen LogP contribution in [-0.4, -0.2) is 11.6 Å². The molecule has 1 rings (SSSR count).